The zero-order valence-corrected chi connectivity index (χ0v) is 12.2. The zero-order chi connectivity index (χ0) is 15.0. The van der Waals surface area contributed by atoms with Crippen LogP contribution in [0.25, 0.3) is 6.08 Å². The lowest BCUT2D eigenvalue weighted by atomic mass is 10.2. The van der Waals surface area contributed by atoms with Crippen LogP contribution in [0.15, 0.2) is 23.1 Å². The fraction of sp³-hybridized carbons (Fsp3) is 0.154. The summed E-state index contributed by atoms with van der Waals surface area (Å²) in [7, 11) is 0. The summed E-state index contributed by atoms with van der Waals surface area (Å²) >= 11 is 6.06. The maximum Gasteiger partial charge on any atom is 0.266 e. The molecule has 8 heteroatoms. The number of nitrogens with zero attached hydrogens (tertiary/aromatic N) is 1. The molecule has 0 unspecified atom stereocenters. The van der Waals surface area contributed by atoms with Crippen molar-refractivity contribution in [3.05, 3.63) is 28.7 Å². The van der Waals surface area contributed by atoms with Crippen LogP contribution in [0.2, 0.25) is 0 Å². The van der Waals surface area contributed by atoms with Gasteiger partial charge in [0.25, 0.3) is 5.91 Å². The van der Waals surface area contributed by atoms with E-state index >= 15 is 0 Å². The van der Waals surface area contributed by atoms with Crippen molar-refractivity contribution in [2.24, 2.45) is 0 Å². The lowest BCUT2D eigenvalue weighted by Gasteiger charge is -2.14. The number of rotatable bonds is 3. The molecule has 0 radical (unpaired) electrons. The van der Waals surface area contributed by atoms with Gasteiger partial charge in [-0.2, -0.15) is 0 Å². The molecule has 0 bridgehead atoms. The number of carboxylic acids is 1. The number of benzene rings is 1. The van der Waals surface area contributed by atoms with Gasteiger partial charge in [-0.25, -0.2) is 0 Å². The van der Waals surface area contributed by atoms with Crippen LogP contribution in [-0.2, 0) is 9.59 Å². The first-order valence-corrected chi connectivity index (χ1v) is 7.12. The molecule has 1 aromatic carbocycles. The monoisotopic (exact) mass is 322 g/mol. The highest BCUT2D eigenvalue weighted by atomic mass is 32.2. The number of amides is 1. The van der Waals surface area contributed by atoms with E-state index < -0.39 is 18.4 Å². The highest BCUT2D eigenvalue weighted by Crippen LogP contribution is 2.36. The molecule has 2 heterocycles. The van der Waals surface area contributed by atoms with Gasteiger partial charge in [-0.1, -0.05) is 30.0 Å². The van der Waals surface area contributed by atoms with Crippen LogP contribution < -0.4 is 14.6 Å². The van der Waals surface area contributed by atoms with Crippen LogP contribution >= 0.6 is 24.0 Å². The molecule has 0 N–H and O–H groups in total. The molecule has 3 rings (SSSR count). The van der Waals surface area contributed by atoms with Gasteiger partial charge in [0.2, 0.25) is 6.79 Å². The summed E-state index contributed by atoms with van der Waals surface area (Å²) in [5, 5.41) is 10.6. The Bertz CT molecular complexity index is 685. The van der Waals surface area contributed by atoms with Gasteiger partial charge < -0.3 is 19.4 Å². The minimum atomic E-state index is -1.35. The van der Waals surface area contributed by atoms with Crippen molar-refractivity contribution in [1.82, 2.24) is 4.90 Å². The van der Waals surface area contributed by atoms with Crippen LogP contribution in [0.4, 0.5) is 0 Å². The van der Waals surface area contributed by atoms with Crippen molar-refractivity contribution >= 4 is 46.3 Å². The minimum Gasteiger partial charge on any atom is -0.548 e. The maximum absolute atomic E-state index is 12.1. The molecular formula is C13H8NO5S2-. The fourth-order valence-electron chi connectivity index (χ4n) is 1.92. The number of ether oxygens (including phenoxy) is 2. The molecule has 2 aliphatic rings. The number of carboxylic acid groups (broad SMARTS) is 1. The standard InChI is InChI=1S/C13H9NO5S2/c15-11(16)5-14-12(17)10(21-13(14)20)4-7-1-2-8-9(3-7)19-6-18-8/h1-4H,5-6H2,(H,15,16)/p-1. The van der Waals surface area contributed by atoms with Gasteiger partial charge in [0.1, 0.15) is 4.32 Å². The molecule has 0 aromatic heterocycles. The van der Waals surface area contributed by atoms with Crippen molar-refractivity contribution in [3.63, 3.8) is 0 Å². The second-order valence-electron chi connectivity index (χ2n) is 4.25. The molecule has 1 amide bonds. The smallest absolute Gasteiger partial charge is 0.266 e. The average Bonchev–Trinajstić information content (AvgIpc) is 2.98. The quantitative estimate of drug-likeness (QED) is 0.587. The zero-order valence-electron chi connectivity index (χ0n) is 10.5. The summed E-state index contributed by atoms with van der Waals surface area (Å²) in [6.07, 6.45) is 1.64. The third-order valence-corrected chi connectivity index (χ3v) is 4.23. The van der Waals surface area contributed by atoms with Crippen LogP contribution in [-0.4, -0.2) is 34.4 Å². The van der Waals surface area contributed by atoms with Crippen molar-refractivity contribution in [2.75, 3.05) is 13.3 Å². The second kappa shape index (κ2) is 5.38. The SMILES string of the molecule is O=C([O-])CN1C(=O)C(=Cc2ccc3c(c2)OCO3)SC1=S. The van der Waals surface area contributed by atoms with E-state index in [2.05, 4.69) is 0 Å². The fourth-order valence-corrected chi connectivity index (χ4v) is 3.17. The molecule has 1 saturated heterocycles. The summed E-state index contributed by atoms with van der Waals surface area (Å²) in [6.45, 7) is -0.365. The van der Waals surface area contributed by atoms with E-state index in [4.69, 9.17) is 21.7 Å². The van der Waals surface area contributed by atoms with Crippen LogP contribution in [0.5, 0.6) is 11.5 Å². The highest BCUT2D eigenvalue weighted by Gasteiger charge is 2.31. The van der Waals surface area contributed by atoms with E-state index in [1.807, 2.05) is 0 Å². The van der Waals surface area contributed by atoms with Gasteiger partial charge in [-0.15, -0.1) is 0 Å². The number of thioether (sulfide) groups is 1. The molecule has 1 fully saturated rings. The van der Waals surface area contributed by atoms with Crippen molar-refractivity contribution in [3.8, 4) is 11.5 Å². The first-order chi connectivity index (χ1) is 10.0. The normalized spacial score (nSPS) is 18.7. The van der Waals surface area contributed by atoms with Crippen molar-refractivity contribution < 1.29 is 24.2 Å². The molecule has 0 aliphatic carbocycles. The van der Waals surface area contributed by atoms with E-state index in [1.165, 1.54) is 0 Å². The van der Waals surface area contributed by atoms with Gasteiger partial charge in [0.05, 0.1) is 17.4 Å². The molecule has 21 heavy (non-hydrogen) atoms. The maximum atomic E-state index is 12.1. The Kier molecular flexibility index (Phi) is 3.56. The topological polar surface area (TPSA) is 78.9 Å². The van der Waals surface area contributed by atoms with Gasteiger partial charge in [-0.3, -0.25) is 9.69 Å². The molecule has 0 spiro atoms. The Balaban J connectivity index is 1.85. The Morgan fingerprint density at radius 3 is 2.95 bits per heavy atom. The molecule has 0 saturated carbocycles. The lowest BCUT2D eigenvalue weighted by molar-refractivity contribution is -0.305. The molecular weight excluding hydrogens is 314 g/mol. The number of hydrogen-bond acceptors (Lipinski definition) is 7. The Labute approximate surface area is 129 Å². The van der Waals surface area contributed by atoms with Crippen LogP contribution in [0.3, 0.4) is 0 Å². The van der Waals surface area contributed by atoms with Crippen molar-refractivity contribution in [2.45, 2.75) is 0 Å². The number of aliphatic carboxylic acids is 1. The van der Waals surface area contributed by atoms with Crippen LogP contribution in [0.1, 0.15) is 5.56 Å². The number of carbonyl (C=O) groups excluding carboxylic acids is 2. The highest BCUT2D eigenvalue weighted by molar-refractivity contribution is 8.26. The van der Waals surface area contributed by atoms with Gasteiger partial charge in [0, 0.05) is 0 Å². The van der Waals surface area contributed by atoms with Gasteiger partial charge in [-0.05, 0) is 23.8 Å². The summed E-state index contributed by atoms with van der Waals surface area (Å²) in [5.74, 6) is -0.534. The minimum absolute atomic E-state index is 0.173. The van der Waals surface area contributed by atoms with E-state index in [1.54, 1.807) is 24.3 Å². The van der Waals surface area contributed by atoms with E-state index in [0.717, 1.165) is 22.2 Å². The average molecular weight is 322 g/mol. The third-order valence-electron chi connectivity index (χ3n) is 2.86. The van der Waals surface area contributed by atoms with E-state index in [-0.39, 0.29) is 11.1 Å². The molecule has 0 atom stereocenters. The molecule has 2 aliphatic heterocycles. The van der Waals surface area contributed by atoms with Crippen LogP contribution in [0, 0.1) is 0 Å². The summed E-state index contributed by atoms with van der Waals surface area (Å²) in [5.41, 5.74) is 0.744. The summed E-state index contributed by atoms with van der Waals surface area (Å²) in [6, 6.07) is 5.27. The Hall–Kier alpha value is -2.06. The van der Waals surface area contributed by atoms with Gasteiger partial charge >= 0.3 is 0 Å². The second-order valence-corrected chi connectivity index (χ2v) is 5.93. The largest absolute Gasteiger partial charge is 0.548 e. The first kappa shape index (κ1) is 13.9. The lowest BCUT2D eigenvalue weighted by Crippen LogP contribution is -2.40. The Morgan fingerprint density at radius 2 is 2.19 bits per heavy atom. The molecule has 108 valence electrons. The van der Waals surface area contributed by atoms with E-state index in [9.17, 15) is 14.7 Å². The molecule has 1 aromatic rings. The number of thiocarbonyl (C=S) groups is 1. The summed E-state index contributed by atoms with van der Waals surface area (Å²) < 4.78 is 10.7. The molecule has 6 nitrogen and oxygen atoms in total. The number of fused-ring (bicyclic) bond motifs is 1. The number of hydrogen-bond donors (Lipinski definition) is 0. The summed E-state index contributed by atoms with van der Waals surface area (Å²) in [4.78, 5) is 24.1. The third kappa shape index (κ3) is 2.72. The van der Waals surface area contributed by atoms with E-state index in [0.29, 0.717) is 16.4 Å². The first-order valence-electron chi connectivity index (χ1n) is 5.89. The Morgan fingerprint density at radius 1 is 1.43 bits per heavy atom. The predicted octanol–water partition coefficient (Wildman–Crippen LogP) is 0.366. The predicted molar refractivity (Wildman–Crippen MR) is 77.5 cm³/mol. The number of carbonyl (C=O) groups is 2. The van der Waals surface area contributed by atoms with Gasteiger partial charge in [0.15, 0.2) is 11.5 Å². The van der Waals surface area contributed by atoms with Crippen molar-refractivity contribution in [1.29, 1.82) is 0 Å².